The van der Waals surface area contributed by atoms with Gasteiger partial charge in [0.15, 0.2) is 0 Å². The molecule has 0 aliphatic carbocycles. The number of aromatic nitrogens is 1. The largest absolute Gasteiger partial charge is 0.381 e. The van der Waals surface area contributed by atoms with Crippen molar-refractivity contribution in [3.63, 3.8) is 0 Å². The molecule has 106 valence electrons. The molecule has 0 amide bonds. The van der Waals surface area contributed by atoms with E-state index in [0.29, 0.717) is 0 Å². The van der Waals surface area contributed by atoms with Gasteiger partial charge in [0.25, 0.3) is 0 Å². The summed E-state index contributed by atoms with van der Waals surface area (Å²) in [5, 5.41) is 4.71. The highest BCUT2D eigenvalue weighted by Gasteiger charge is 2.01. The van der Waals surface area contributed by atoms with E-state index in [4.69, 9.17) is 0 Å². The van der Waals surface area contributed by atoms with E-state index in [9.17, 15) is 0 Å². The Kier molecular flexibility index (Phi) is 3.61. The Labute approximate surface area is 125 Å². The molecule has 0 radical (unpaired) electrons. The van der Waals surface area contributed by atoms with Crippen molar-refractivity contribution in [1.82, 2.24) is 4.98 Å². The van der Waals surface area contributed by atoms with Gasteiger partial charge >= 0.3 is 0 Å². The first-order valence-electron chi connectivity index (χ1n) is 7.29. The van der Waals surface area contributed by atoms with Crippen LogP contribution in [-0.4, -0.2) is 4.98 Å². The van der Waals surface area contributed by atoms with Crippen molar-refractivity contribution in [2.75, 3.05) is 5.32 Å². The molecule has 0 bridgehead atoms. The molecule has 2 nitrogen and oxygen atoms in total. The zero-order valence-corrected chi connectivity index (χ0v) is 12.8. The van der Waals surface area contributed by atoms with E-state index in [1.54, 1.807) is 0 Å². The van der Waals surface area contributed by atoms with Gasteiger partial charge in [0, 0.05) is 23.3 Å². The van der Waals surface area contributed by atoms with Crippen LogP contribution >= 0.6 is 0 Å². The van der Waals surface area contributed by atoms with E-state index in [-0.39, 0.29) is 0 Å². The smallest absolute Gasteiger partial charge is 0.0705 e. The first kappa shape index (κ1) is 13.6. The van der Waals surface area contributed by atoms with Gasteiger partial charge in [-0.05, 0) is 56.2 Å². The molecular weight excluding hydrogens is 256 g/mol. The Hall–Kier alpha value is -2.35. The van der Waals surface area contributed by atoms with Crippen LogP contribution in [0.3, 0.4) is 0 Å². The van der Waals surface area contributed by atoms with Gasteiger partial charge in [0.05, 0.1) is 5.52 Å². The third-order valence-electron chi connectivity index (χ3n) is 3.76. The fourth-order valence-corrected chi connectivity index (χ4v) is 2.60. The number of rotatable bonds is 3. The Balaban J connectivity index is 1.80. The van der Waals surface area contributed by atoms with Crippen LogP contribution < -0.4 is 5.32 Å². The van der Waals surface area contributed by atoms with Crippen LogP contribution in [0.15, 0.2) is 48.5 Å². The number of nitrogens with one attached hydrogen (secondary N) is 1. The minimum absolute atomic E-state index is 0.827. The summed E-state index contributed by atoms with van der Waals surface area (Å²) in [5.74, 6) is 0. The molecule has 0 atom stereocenters. The molecule has 1 aromatic heterocycles. The molecule has 0 aliphatic rings. The summed E-state index contributed by atoms with van der Waals surface area (Å²) >= 11 is 0. The second-order valence-electron chi connectivity index (χ2n) is 5.65. The average molecular weight is 276 g/mol. The topological polar surface area (TPSA) is 24.9 Å². The lowest BCUT2D eigenvalue weighted by molar-refractivity contribution is 1.14. The van der Waals surface area contributed by atoms with Crippen LogP contribution in [0.2, 0.25) is 0 Å². The zero-order valence-electron chi connectivity index (χ0n) is 12.8. The van der Waals surface area contributed by atoms with Gasteiger partial charge < -0.3 is 5.32 Å². The Morgan fingerprint density at radius 1 is 0.905 bits per heavy atom. The van der Waals surface area contributed by atoms with Gasteiger partial charge in [-0.25, -0.2) is 0 Å². The molecule has 0 saturated carbocycles. The molecule has 2 aromatic carbocycles. The third kappa shape index (κ3) is 3.05. The lowest BCUT2D eigenvalue weighted by Gasteiger charge is -2.11. The lowest BCUT2D eigenvalue weighted by Crippen LogP contribution is -2.01. The van der Waals surface area contributed by atoms with Gasteiger partial charge in [-0.1, -0.05) is 29.8 Å². The average Bonchev–Trinajstić information content (AvgIpc) is 2.46. The van der Waals surface area contributed by atoms with E-state index in [1.165, 1.54) is 27.8 Å². The maximum absolute atomic E-state index is 4.54. The van der Waals surface area contributed by atoms with Gasteiger partial charge in [-0.3, -0.25) is 4.98 Å². The van der Waals surface area contributed by atoms with Gasteiger partial charge in [0.1, 0.15) is 0 Å². The molecule has 0 fully saturated rings. The number of fused-ring (bicyclic) bond motifs is 1. The highest BCUT2D eigenvalue weighted by Crippen LogP contribution is 2.19. The van der Waals surface area contributed by atoms with Crippen molar-refractivity contribution in [2.24, 2.45) is 0 Å². The van der Waals surface area contributed by atoms with E-state index >= 15 is 0 Å². The first-order chi connectivity index (χ1) is 10.1. The maximum Gasteiger partial charge on any atom is 0.0705 e. The van der Waals surface area contributed by atoms with Crippen molar-refractivity contribution in [2.45, 2.75) is 27.3 Å². The number of hydrogen-bond acceptors (Lipinski definition) is 2. The summed E-state index contributed by atoms with van der Waals surface area (Å²) in [6.07, 6.45) is 0. The second-order valence-corrected chi connectivity index (χ2v) is 5.65. The SMILES string of the molecule is Cc1ccc(NCc2ccc3nc(C)ccc3c2)c(C)c1. The molecule has 0 unspecified atom stereocenters. The quantitative estimate of drug-likeness (QED) is 0.745. The second kappa shape index (κ2) is 5.57. The van der Waals surface area contributed by atoms with Crippen LogP contribution in [0.4, 0.5) is 5.69 Å². The van der Waals surface area contributed by atoms with Crippen LogP contribution in [0, 0.1) is 20.8 Å². The fraction of sp³-hybridized carbons (Fsp3) is 0.211. The summed E-state index contributed by atoms with van der Waals surface area (Å²) in [7, 11) is 0. The number of hydrogen-bond donors (Lipinski definition) is 1. The number of nitrogens with zero attached hydrogens (tertiary/aromatic N) is 1. The molecule has 1 N–H and O–H groups in total. The standard InChI is InChI=1S/C19H20N2/c1-13-4-8-18(14(2)10-13)20-12-16-6-9-19-17(11-16)7-5-15(3)21-19/h4-11,20H,12H2,1-3H3. The molecule has 1 heterocycles. The molecule has 0 spiro atoms. The minimum atomic E-state index is 0.827. The van der Waals surface area contributed by atoms with Crippen LogP contribution in [0.25, 0.3) is 10.9 Å². The normalized spacial score (nSPS) is 10.8. The molecule has 2 heteroatoms. The summed E-state index contributed by atoms with van der Waals surface area (Å²) in [6.45, 7) is 7.11. The molecular formula is C19H20N2. The van der Waals surface area contributed by atoms with Crippen molar-refractivity contribution in [1.29, 1.82) is 0 Å². The number of benzene rings is 2. The zero-order chi connectivity index (χ0) is 14.8. The van der Waals surface area contributed by atoms with Crippen LogP contribution in [0.1, 0.15) is 22.4 Å². The molecule has 0 aliphatic heterocycles. The van der Waals surface area contributed by atoms with Crippen LogP contribution in [-0.2, 0) is 6.54 Å². The molecule has 3 rings (SSSR count). The summed E-state index contributed by atoms with van der Waals surface area (Å²) < 4.78 is 0. The number of aryl methyl sites for hydroxylation is 3. The molecule has 3 aromatic rings. The van der Waals surface area contributed by atoms with Gasteiger partial charge in [-0.2, -0.15) is 0 Å². The van der Waals surface area contributed by atoms with Gasteiger partial charge in [-0.15, -0.1) is 0 Å². The molecule has 0 saturated heterocycles. The fourth-order valence-electron chi connectivity index (χ4n) is 2.60. The first-order valence-corrected chi connectivity index (χ1v) is 7.29. The van der Waals surface area contributed by atoms with E-state index in [1.807, 2.05) is 6.92 Å². The maximum atomic E-state index is 4.54. The van der Waals surface area contributed by atoms with Crippen molar-refractivity contribution < 1.29 is 0 Å². The Bertz CT molecular complexity index is 791. The summed E-state index contributed by atoms with van der Waals surface area (Å²) in [4.78, 5) is 4.54. The lowest BCUT2D eigenvalue weighted by atomic mass is 10.1. The highest BCUT2D eigenvalue weighted by molar-refractivity contribution is 5.79. The van der Waals surface area contributed by atoms with Gasteiger partial charge in [0.2, 0.25) is 0 Å². The summed E-state index contributed by atoms with van der Waals surface area (Å²) in [5.41, 5.74) is 7.17. The highest BCUT2D eigenvalue weighted by atomic mass is 14.9. The van der Waals surface area contributed by atoms with Crippen LogP contribution in [0.5, 0.6) is 0 Å². The van der Waals surface area contributed by atoms with E-state index in [2.05, 4.69) is 72.7 Å². The van der Waals surface area contributed by atoms with E-state index < -0.39 is 0 Å². The molecule has 21 heavy (non-hydrogen) atoms. The Morgan fingerprint density at radius 3 is 2.57 bits per heavy atom. The van der Waals surface area contributed by atoms with Crippen molar-refractivity contribution in [3.8, 4) is 0 Å². The predicted molar refractivity (Wildman–Crippen MR) is 89.7 cm³/mol. The van der Waals surface area contributed by atoms with Crippen molar-refractivity contribution in [3.05, 3.63) is 70.9 Å². The predicted octanol–water partition coefficient (Wildman–Crippen LogP) is 4.77. The third-order valence-corrected chi connectivity index (χ3v) is 3.76. The summed E-state index contributed by atoms with van der Waals surface area (Å²) in [6, 6.07) is 17.1. The van der Waals surface area contributed by atoms with E-state index in [0.717, 1.165) is 17.8 Å². The van der Waals surface area contributed by atoms with Crippen molar-refractivity contribution >= 4 is 16.6 Å². The number of anilines is 1. The monoisotopic (exact) mass is 276 g/mol. The Morgan fingerprint density at radius 2 is 1.76 bits per heavy atom. The number of pyridine rings is 1. The minimum Gasteiger partial charge on any atom is -0.381 e.